The Morgan fingerprint density at radius 2 is 1.82 bits per heavy atom. The van der Waals surface area contributed by atoms with Gasteiger partial charge in [0.05, 0.1) is 22.2 Å². The highest BCUT2D eigenvalue weighted by Crippen LogP contribution is 2.29. The first-order valence-electron chi connectivity index (χ1n) is 9.80. The largest absolute Gasteiger partial charge is 0.379 e. The molecule has 0 fully saturated rings. The van der Waals surface area contributed by atoms with Gasteiger partial charge in [-0.05, 0) is 61.0 Å². The number of thiazole rings is 1. The zero-order valence-corrected chi connectivity index (χ0v) is 19.9. The Morgan fingerprint density at radius 1 is 1.09 bits per heavy atom. The summed E-state index contributed by atoms with van der Waals surface area (Å²) in [6.45, 7) is 1.88. The maximum Gasteiger partial charge on any atom is 0.339 e. The van der Waals surface area contributed by atoms with Crippen LogP contribution in [0, 0.1) is 6.92 Å². The van der Waals surface area contributed by atoms with Crippen molar-refractivity contribution in [2.75, 3.05) is 5.75 Å². The monoisotopic (exact) mass is 497 g/mol. The number of rotatable bonds is 8. The van der Waals surface area contributed by atoms with Crippen LogP contribution >= 0.6 is 23.1 Å². The Balaban J connectivity index is 1.27. The highest BCUT2D eigenvalue weighted by Gasteiger charge is 2.16. The number of hydrogen-bond donors (Lipinski definition) is 1. The number of fused-ring (bicyclic) bond motifs is 1. The number of hydrazone groups is 1. The molecule has 33 heavy (non-hydrogen) atoms. The van der Waals surface area contributed by atoms with Crippen LogP contribution < -0.4 is 9.61 Å². The molecule has 4 rings (SSSR count). The third-order valence-electron chi connectivity index (χ3n) is 4.40. The molecule has 3 aromatic carbocycles. The lowest BCUT2D eigenvalue weighted by atomic mass is 10.2. The minimum Gasteiger partial charge on any atom is -0.379 e. The van der Waals surface area contributed by atoms with E-state index in [1.807, 2.05) is 31.2 Å². The number of nitrogens with zero attached hydrogens (tertiary/aromatic N) is 2. The van der Waals surface area contributed by atoms with Gasteiger partial charge in [-0.15, -0.1) is 11.3 Å². The van der Waals surface area contributed by atoms with Gasteiger partial charge < -0.3 is 4.18 Å². The molecular formula is C23H19N3O4S3. The number of aryl methyl sites for hydroxylation is 1. The Morgan fingerprint density at radius 3 is 2.55 bits per heavy atom. The molecule has 1 amide bonds. The minimum atomic E-state index is -3.91. The molecule has 0 aliphatic heterocycles. The van der Waals surface area contributed by atoms with Crippen LogP contribution in [0.25, 0.3) is 10.2 Å². The van der Waals surface area contributed by atoms with Crippen LogP contribution in [0.1, 0.15) is 11.1 Å². The van der Waals surface area contributed by atoms with Crippen LogP contribution in [0.15, 0.2) is 87.1 Å². The number of amides is 1. The molecule has 0 spiro atoms. The molecule has 7 nitrogen and oxygen atoms in total. The molecule has 0 radical (unpaired) electrons. The lowest BCUT2D eigenvalue weighted by Gasteiger charge is -2.07. The molecule has 0 atom stereocenters. The molecule has 1 N–H and O–H groups in total. The normalized spacial score (nSPS) is 11.7. The highest BCUT2D eigenvalue weighted by atomic mass is 32.2. The Hall–Kier alpha value is -3.21. The van der Waals surface area contributed by atoms with Crippen molar-refractivity contribution in [1.82, 2.24) is 10.4 Å². The fourth-order valence-corrected chi connectivity index (χ4v) is 5.53. The van der Waals surface area contributed by atoms with Gasteiger partial charge in [0.25, 0.3) is 5.91 Å². The maximum absolute atomic E-state index is 12.4. The summed E-state index contributed by atoms with van der Waals surface area (Å²) in [4.78, 5) is 16.6. The van der Waals surface area contributed by atoms with Crippen molar-refractivity contribution in [3.63, 3.8) is 0 Å². The number of carbonyl (C=O) groups excluding carboxylic acids is 1. The van der Waals surface area contributed by atoms with Gasteiger partial charge in [0, 0.05) is 0 Å². The van der Waals surface area contributed by atoms with Gasteiger partial charge in [-0.3, -0.25) is 4.79 Å². The average molecular weight is 498 g/mol. The van der Waals surface area contributed by atoms with Crippen LogP contribution in [0.3, 0.4) is 0 Å². The van der Waals surface area contributed by atoms with E-state index >= 15 is 0 Å². The summed E-state index contributed by atoms with van der Waals surface area (Å²) in [6.07, 6.45) is 1.47. The zero-order valence-electron chi connectivity index (χ0n) is 17.5. The van der Waals surface area contributed by atoms with Gasteiger partial charge in [0.1, 0.15) is 10.6 Å². The van der Waals surface area contributed by atoms with Crippen molar-refractivity contribution in [3.8, 4) is 5.75 Å². The topological polar surface area (TPSA) is 97.7 Å². The maximum atomic E-state index is 12.4. The Labute approximate surface area is 199 Å². The van der Waals surface area contributed by atoms with Crippen LogP contribution in [0.2, 0.25) is 0 Å². The summed E-state index contributed by atoms with van der Waals surface area (Å²) >= 11 is 2.90. The first-order valence-corrected chi connectivity index (χ1v) is 13.0. The molecule has 0 aliphatic carbocycles. The lowest BCUT2D eigenvalue weighted by molar-refractivity contribution is -0.118. The molecule has 0 saturated heterocycles. The van der Waals surface area contributed by atoms with E-state index in [9.17, 15) is 13.2 Å². The smallest absolute Gasteiger partial charge is 0.339 e. The van der Waals surface area contributed by atoms with Gasteiger partial charge in [-0.25, -0.2) is 10.4 Å². The number of nitrogens with one attached hydrogen (secondary N) is 1. The summed E-state index contributed by atoms with van der Waals surface area (Å²) in [5, 5.41) is 3.94. The van der Waals surface area contributed by atoms with E-state index in [1.54, 1.807) is 35.6 Å². The predicted molar refractivity (Wildman–Crippen MR) is 132 cm³/mol. The van der Waals surface area contributed by atoms with Crippen molar-refractivity contribution in [2.24, 2.45) is 5.10 Å². The highest BCUT2D eigenvalue weighted by molar-refractivity contribution is 8.01. The number of hydrogen-bond acceptors (Lipinski definition) is 8. The van der Waals surface area contributed by atoms with Crippen LogP contribution in [-0.2, 0) is 14.9 Å². The average Bonchev–Trinajstić information content (AvgIpc) is 3.22. The molecule has 0 unspecified atom stereocenters. The van der Waals surface area contributed by atoms with Crippen molar-refractivity contribution in [3.05, 3.63) is 83.9 Å². The number of aromatic nitrogens is 1. The number of thioether (sulfide) groups is 1. The molecular weight excluding hydrogens is 478 g/mol. The fourth-order valence-electron chi connectivity index (χ4n) is 2.74. The molecule has 1 heterocycles. The first-order chi connectivity index (χ1) is 15.9. The van der Waals surface area contributed by atoms with Crippen LogP contribution in [0.5, 0.6) is 5.75 Å². The summed E-state index contributed by atoms with van der Waals surface area (Å²) < 4.78 is 31.8. The summed E-state index contributed by atoms with van der Waals surface area (Å²) in [6, 6.07) is 20.6. The molecule has 10 heteroatoms. The van der Waals surface area contributed by atoms with E-state index in [0.717, 1.165) is 20.1 Å². The van der Waals surface area contributed by atoms with E-state index in [-0.39, 0.29) is 22.3 Å². The van der Waals surface area contributed by atoms with Gasteiger partial charge >= 0.3 is 10.1 Å². The molecule has 1 aromatic heterocycles. The standard InChI is InChI=1S/C23H19N3O4S3/c1-16-6-12-19(13-7-16)33(28,29)30-18-10-8-17(9-11-18)14-24-26-22(27)15-31-23-25-20-4-2-3-5-21(20)32-23/h2-14H,15H2,1H3,(H,26,27)/b24-14-. The SMILES string of the molecule is Cc1ccc(S(=O)(=O)Oc2ccc(/C=N\NC(=O)CSc3nc4ccccc4s3)cc2)cc1. The second kappa shape index (κ2) is 10.2. The molecule has 0 saturated carbocycles. The van der Waals surface area contributed by atoms with Crippen LogP contribution in [0.4, 0.5) is 0 Å². The van der Waals surface area contributed by atoms with Gasteiger partial charge in [0.15, 0.2) is 4.34 Å². The number of carbonyl (C=O) groups is 1. The molecule has 168 valence electrons. The third-order valence-corrected chi connectivity index (χ3v) is 7.84. The van der Waals surface area contributed by atoms with E-state index < -0.39 is 10.1 Å². The van der Waals surface area contributed by atoms with Crippen molar-refractivity contribution >= 4 is 55.6 Å². The third kappa shape index (κ3) is 6.19. The Kier molecular flexibility index (Phi) is 7.07. The predicted octanol–water partition coefficient (Wildman–Crippen LogP) is 4.61. The van der Waals surface area contributed by atoms with Gasteiger partial charge in [-0.2, -0.15) is 13.5 Å². The van der Waals surface area contributed by atoms with Crippen molar-refractivity contribution in [1.29, 1.82) is 0 Å². The van der Waals surface area contributed by atoms with Gasteiger partial charge in [-0.1, -0.05) is 41.6 Å². The number of benzene rings is 3. The quantitative estimate of drug-likeness (QED) is 0.165. The fraction of sp³-hybridized carbons (Fsp3) is 0.0870. The van der Waals surface area contributed by atoms with E-state index in [2.05, 4.69) is 15.5 Å². The Bertz CT molecular complexity index is 1360. The summed E-state index contributed by atoms with van der Waals surface area (Å²) in [7, 11) is -3.91. The number of para-hydroxylation sites is 1. The van der Waals surface area contributed by atoms with E-state index in [0.29, 0.717) is 5.56 Å². The molecule has 0 aliphatic rings. The zero-order chi connectivity index (χ0) is 23.3. The molecule has 4 aromatic rings. The van der Waals surface area contributed by atoms with E-state index in [4.69, 9.17) is 4.18 Å². The first kappa shape index (κ1) is 23.0. The minimum absolute atomic E-state index is 0.0881. The van der Waals surface area contributed by atoms with Gasteiger partial charge in [0.2, 0.25) is 0 Å². The second-order valence-electron chi connectivity index (χ2n) is 6.95. The van der Waals surface area contributed by atoms with Crippen molar-refractivity contribution < 1.29 is 17.4 Å². The van der Waals surface area contributed by atoms with Crippen LogP contribution in [-0.4, -0.2) is 31.3 Å². The molecule has 0 bridgehead atoms. The van der Waals surface area contributed by atoms with Crippen molar-refractivity contribution in [2.45, 2.75) is 16.2 Å². The van der Waals surface area contributed by atoms with E-state index in [1.165, 1.54) is 42.2 Å². The lowest BCUT2D eigenvalue weighted by Crippen LogP contribution is -2.19. The summed E-state index contributed by atoms with van der Waals surface area (Å²) in [5.41, 5.74) is 5.03. The summed E-state index contributed by atoms with van der Waals surface area (Å²) in [5.74, 6) is 0.129. The second-order valence-corrected chi connectivity index (χ2v) is 10.7.